The third-order valence-corrected chi connectivity index (χ3v) is 3.56. The van der Waals surface area contributed by atoms with Gasteiger partial charge in [-0.1, -0.05) is 35.9 Å². The molecule has 19 heavy (non-hydrogen) atoms. The van der Waals surface area contributed by atoms with Gasteiger partial charge >= 0.3 is 0 Å². The Kier molecular flexibility index (Phi) is 3.05. The molecule has 2 aromatic carbocycles. The van der Waals surface area contributed by atoms with E-state index in [1.54, 1.807) is 0 Å². The predicted octanol–water partition coefficient (Wildman–Crippen LogP) is 4.44. The Morgan fingerprint density at radius 1 is 1.11 bits per heavy atom. The number of furan rings is 1. The van der Waals surface area contributed by atoms with Crippen LogP contribution in [0.25, 0.3) is 11.0 Å². The maximum absolute atomic E-state index is 6.29. The highest BCUT2D eigenvalue weighted by Gasteiger charge is 2.15. The second kappa shape index (κ2) is 4.72. The van der Waals surface area contributed by atoms with E-state index in [-0.39, 0.29) is 6.04 Å². The van der Waals surface area contributed by atoms with Gasteiger partial charge in [-0.05, 0) is 42.3 Å². The van der Waals surface area contributed by atoms with E-state index in [0.29, 0.717) is 5.02 Å². The summed E-state index contributed by atoms with van der Waals surface area (Å²) in [6, 6.07) is 15.3. The van der Waals surface area contributed by atoms with Gasteiger partial charge in [0.15, 0.2) is 0 Å². The number of halogens is 1. The lowest BCUT2D eigenvalue weighted by atomic mass is 10.0. The first-order valence-corrected chi connectivity index (χ1v) is 6.53. The number of fused-ring (bicyclic) bond motifs is 1. The minimum atomic E-state index is -0.257. The number of hydrogen-bond donors (Lipinski definition) is 1. The normalized spacial score (nSPS) is 12.8. The van der Waals surface area contributed by atoms with Crippen molar-refractivity contribution in [3.8, 4) is 0 Å². The average molecular weight is 272 g/mol. The van der Waals surface area contributed by atoms with Crippen molar-refractivity contribution in [3.63, 3.8) is 0 Å². The third-order valence-electron chi connectivity index (χ3n) is 3.33. The zero-order chi connectivity index (χ0) is 13.4. The lowest BCUT2D eigenvalue weighted by Gasteiger charge is -2.11. The first-order chi connectivity index (χ1) is 9.15. The average Bonchev–Trinajstić information content (AvgIpc) is 2.81. The number of hydrogen-bond acceptors (Lipinski definition) is 2. The van der Waals surface area contributed by atoms with Crippen LogP contribution in [0.2, 0.25) is 5.02 Å². The molecule has 0 saturated carbocycles. The Morgan fingerprint density at radius 2 is 1.89 bits per heavy atom. The summed E-state index contributed by atoms with van der Waals surface area (Å²) < 4.78 is 5.81. The molecule has 0 amide bonds. The molecule has 1 unspecified atom stereocenters. The molecule has 1 heterocycles. The molecule has 1 atom stereocenters. The van der Waals surface area contributed by atoms with E-state index >= 15 is 0 Å². The Balaban J connectivity index is 2.07. The van der Waals surface area contributed by atoms with E-state index in [4.69, 9.17) is 21.8 Å². The van der Waals surface area contributed by atoms with Gasteiger partial charge in [0, 0.05) is 10.4 Å². The van der Waals surface area contributed by atoms with E-state index in [1.807, 2.05) is 42.5 Å². The fourth-order valence-corrected chi connectivity index (χ4v) is 2.46. The monoisotopic (exact) mass is 271 g/mol. The molecule has 0 aliphatic rings. The Labute approximate surface area is 116 Å². The minimum absolute atomic E-state index is 0.257. The van der Waals surface area contributed by atoms with Crippen molar-refractivity contribution in [2.45, 2.75) is 13.0 Å². The third kappa shape index (κ3) is 2.25. The topological polar surface area (TPSA) is 39.2 Å². The number of aryl methyl sites for hydroxylation is 1. The fraction of sp³-hybridized carbons (Fsp3) is 0.125. The molecule has 0 bridgehead atoms. The molecule has 2 nitrogen and oxygen atoms in total. The van der Waals surface area contributed by atoms with E-state index in [9.17, 15) is 0 Å². The minimum Gasteiger partial charge on any atom is -0.459 e. The highest BCUT2D eigenvalue weighted by Crippen LogP contribution is 2.29. The van der Waals surface area contributed by atoms with Crippen LogP contribution in [0.4, 0.5) is 0 Å². The number of benzene rings is 2. The first kappa shape index (κ1) is 12.3. The molecule has 0 spiro atoms. The lowest BCUT2D eigenvalue weighted by molar-refractivity contribution is 0.524. The van der Waals surface area contributed by atoms with Crippen LogP contribution in [0.15, 0.2) is 52.9 Å². The largest absolute Gasteiger partial charge is 0.459 e. The van der Waals surface area contributed by atoms with Crippen molar-refractivity contribution in [2.75, 3.05) is 0 Å². The van der Waals surface area contributed by atoms with Crippen LogP contribution < -0.4 is 5.73 Å². The maximum Gasteiger partial charge on any atom is 0.134 e. The first-order valence-electron chi connectivity index (χ1n) is 6.15. The molecule has 3 rings (SSSR count). The van der Waals surface area contributed by atoms with Crippen LogP contribution in [-0.4, -0.2) is 0 Å². The van der Waals surface area contributed by atoms with Gasteiger partial charge in [-0.3, -0.25) is 0 Å². The van der Waals surface area contributed by atoms with Gasteiger partial charge in [0.05, 0.1) is 6.04 Å². The summed E-state index contributed by atoms with van der Waals surface area (Å²) in [5.74, 6) is 0.756. The second-order valence-corrected chi connectivity index (χ2v) is 5.10. The van der Waals surface area contributed by atoms with Gasteiger partial charge in [0.2, 0.25) is 0 Å². The van der Waals surface area contributed by atoms with Crippen molar-refractivity contribution in [3.05, 3.63) is 70.4 Å². The highest BCUT2D eigenvalue weighted by molar-refractivity contribution is 6.31. The van der Waals surface area contributed by atoms with Crippen LogP contribution in [0, 0.1) is 6.92 Å². The van der Waals surface area contributed by atoms with Crippen molar-refractivity contribution in [2.24, 2.45) is 5.73 Å². The second-order valence-electron chi connectivity index (χ2n) is 4.67. The molecule has 0 radical (unpaired) electrons. The van der Waals surface area contributed by atoms with Crippen molar-refractivity contribution < 1.29 is 4.42 Å². The molecule has 0 aliphatic heterocycles. The number of nitrogens with two attached hydrogens (primary N) is 1. The number of rotatable bonds is 2. The summed E-state index contributed by atoms with van der Waals surface area (Å²) in [6.07, 6.45) is 0. The highest BCUT2D eigenvalue weighted by atomic mass is 35.5. The summed E-state index contributed by atoms with van der Waals surface area (Å²) in [4.78, 5) is 0. The SMILES string of the molecule is Cc1ccccc1C(N)c1cc2cc(Cl)ccc2o1. The zero-order valence-corrected chi connectivity index (χ0v) is 11.3. The zero-order valence-electron chi connectivity index (χ0n) is 10.6. The van der Waals surface area contributed by atoms with Crippen LogP contribution in [0.1, 0.15) is 22.9 Å². The molecular weight excluding hydrogens is 258 g/mol. The fourth-order valence-electron chi connectivity index (χ4n) is 2.28. The smallest absolute Gasteiger partial charge is 0.134 e. The van der Waals surface area contributed by atoms with Crippen molar-refractivity contribution in [1.82, 2.24) is 0 Å². The molecule has 3 aromatic rings. The van der Waals surface area contributed by atoms with Gasteiger partial charge in [-0.2, -0.15) is 0 Å². The standard InChI is InChI=1S/C16H14ClNO/c1-10-4-2-3-5-13(10)16(18)15-9-11-8-12(17)6-7-14(11)19-15/h2-9,16H,18H2,1H3. The van der Waals surface area contributed by atoms with E-state index in [0.717, 1.165) is 27.9 Å². The molecule has 2 N–H and O–H groups in total. The summed E-state index contributed by atoms with van der Waals surface area (Å²) in [7, 11) is 0. The van der Waals surface area contributed by atoms with Gasteiger partial charge < -0.3 is 10.2 Å². The van der Waals surface area contributed by atoms with Crippen LogP contribution >= 0.6 is 11.6 Å². The van der Waals surface area contributed by atoms with E-state index < -0.39 is 0 Å². The van der Waals surface area contributed by atoms with Gasteiger partial charge in [0.25, 0.3) is 0 Å². The van der Waals surface area contributed by atoms with E-state index in [1.165, 1.54) is 0 Å². The lowest BCUT2D eigenvalue weighted by Crippen LogP contribution is -2.12. The Morgan fingerprint density at radius 3 is 2.68 bits per heavy atom. The van der Waals surface area contributed by atoms with E-state index in [2.05, 4.69) is 13.0 Å². The van der Waals surface area contributed by atoms with Gasteiger partial charge in [0.1, 0.15) is 11.3 Å². The van der Waals surface area contributed by atoms with Crippen LogP contribution in [0.5, 0.6) is 0 Å². The molecular formula is C16H14ClNO. The molecule has 3 heteroatoms. The quantitative estimate of drug-likeness (QED) is 0.748. The molecule has 0 aliphatic carbocycles. The molecule has 0 fully saturated rings. The van der Waals surface area contributed by atoms with Gasteiger partial charge in [-0.25, -0.2) is 0 Å². The van der Waals surface area contributed by atoms with Crippen LogP contribution in [0.3, 0.4) is 0 Å². The summed E-state index contributed by atoms with van der Waals surface area (Å²) in [5, 5.41) is 1.68. The van der Waals surface area contributed by atoms with Crippen molar-refractivity contribution in [1.29, 1.82) is 0 Å². The van der Waals surface area contributed by atoms with Crippen LogP contribution in [-0.2, 0) is 0 Å². The molecule has 0 saturated heterocycles. The summed E-state index contributed by atoms with van der Waals surface area (Å²) >= 11 is 5.98. The Bertz CT molecular complexity index is 732. The van der Waals surface area contributed by atoms with Crippen molar-refractivity contribution >= 4 is 22.6 Å². The summed E-state index contributed by atoms with van der Waals surface area (Å²) in [6.45, 7) is 2.05. The maximum atomic E-state index is 6.29. The molecule has 1 aromatic heterocycles. The predicted molar refractivity (Wildman–Crippen MR) is 78.4 cm³/mol. The van der Waals surface area contributed by atoms with Gasteiger partial charge in [-0.15, -0.1) is 0 Å². The molecule has 96 valence electrons. The Hall–Kier alpha value is -1.77. The summed E-state index contributed by atoms with van der Waals surface area (Å²) in [5.41, 5.74) is 9.34.